The molecule has 1 amide bonds. The summed E-state index contributed by atoms with van der Waals surface area (Å²) in [5.74, 6) is 0.230. The van der Waals surface area contributed by atoms with Crippen molar-refractivity contribution in [2.24, 2.45) is 5.73 Å². The number of carboxylic acids is 1. The molecule has 0 bridgehead atoms. The molecular formula is C12H12N2O4S3. The Morgan fingerprint density at radius 3 is 2.86 bits per heavy atom. The van der Waals surface area contributed by atoms with E-state index in [1.165, 1.54) is 40.2 Å². The Morgan fingerprint density at radius 1 is 1.48 bits per heavy atom. The first-order chi connectivity index (χ1) is 9.99. The van der Waals surface area contributed by atoms with Crippen LogP contribution in [0.2, 0.25) is 0 Å². The number of aliphatic carboxylic acids is 1. The minimum absolute atomic E-state index is 0.0342. The number of nitrogens with two attached hydrogens (primary N) is 1. The zero-order valence-corrected chi connectivity index (χ0v) is 13.2. The van der Waals surface area contributed by atoms with E-state index < -0.39 is 12.0 Å². The summed E-state index contributed by atoms with van der Waals surface area (Å²) in [7, 11) is 0. The normalized spacial score (nSPS) is 28.4. The average Bonchev–Trinajstić information content (AvgIpc) is 2.88. The van der Waals surface area contributed by atoms with Crippen molar-refractivity contribution in [2.75, 3.05) is 17.3 Å². The lowest BCUT2D eigenvalue weighted by atomic mass is 10.0. The first-order valence-corrected chi connectivity index (χ1v) is 9.16. The number of nitrogens with zero attached hydrogens (tertiary/aromatic N) is 1. The van der Waals surface area contributed by atoms with E-state index in [1.807, 2.05) is 0 Å². The van der Waals surface area contributed by atoms with Gasteiger partial charge in [-0.3, -0.25) is 14.5 Å². The standard InChI is InChI=1S/C12H12N2O4S3/c13-8-10(16)14-9(12(17)18)5(3-21-11(8)14)2-19-6-1-7(15)20-4-6/h1,8,11H,2-4,13H2,(H,17,18)/t8-,11+/m1/s1. The van der Waals surface area contributed by atoms with Crippen molar-refractivity contribution < 1.29 is 19.5 Å². The van der Waals surface area contributed by atoms with Crippen molar-refractivity contribution in [3.8, 4) is 0 Å². The first kappa shape index (κ1) is 15.0. The number of β-lactam (4-membered cyclic amide) rings is 1. The highest BCUT2D eigenvalue weighted by Gasteiger charge is 2.51. The van der Waals surface area contributed by atoms with Crippen LogP contribution in [0.25, 0.3) is 0 Å². The average molecular weight is 344 g/mol. The molecule has 3 aliphatic rings. The molecule has 0 spiro atoms. The molecule has 0 aromatic rings. The van der Waals surface area contributed by atoms with Gasteiger partial charge >= 0.3 is 5.97 Å². The number of carboxylic acid groups (broad SMARTS) is 1. The van der Waals surface area contributed by atoms with E-state index in [0.29, 0.717) is 22.8 Å². The molecule has 0 unspecified atom stereocenters. The van der Waals surface area contributed by atoms with Gasteiger partial charge in [0.15, 0.2) is 0 Å². The Labute approximate surface area is 133 Å². The molecule has 1 saturated heterocycles. The van der Waals surface area contributed by atoms with E-state index in [4.69, 9.17) is 5.73 Å². The van der Waals surface area contributed by atoms with Crippen LogP contribution >= 0.6 is 35.3 Å². The van der Waals surface area contributed by atoms with Crippen molar-refractivity contribution in [2.45, 2.75) is 11.4 Å². The number of amides is 1. The lowest BCUT2D eigenvalue weighted by molar-refractivity contribution is -0.147. The molecule has 0 aromatic carbocycles. The van der Waals surface area contributed by atoms with E-state index in [9.17, 15) is 19.5 Å². The van der Waals surface area contributed by atoms with Gasteiger partial charge in [0, 0.05) is 23.3 Å². The Kier molecular flexibility index (Phi) is 4.08. The third kappa shape index (κ3) is 2.63. The van der Waals surface area contributed by atoms with Crippen LogP contribution in [-0.4, -0.2) is 55.7 Å². The van der Waals surface area contributed by atoms with E-state index >= 15 is 0 Å². The minimum atomic E-state index is -1.10. The fourth-order valence-electron chi connectivity index (χ4n) is 2.31. The van der Waals surface area contributed by atoms with Gasteiger partial charge in [0.25, 0.3) is 0 Å². The Morgan fingerprint density at radius 2 is 2.24 bits per heavy atom. The van der Waals surface area contributed by atoms with Gasteiger partial charge in [-0.25, -0.2) is 4.79 Å². The number of fused-ring (bicyclic) bond motifs is 1. The molecule has 112 valence electrons. The van der Waals surface area contributed by atoms with Crippen LogP contribution in [0.4, 0.5) is 0 Å². The highest BCUT2D eigenvalue weighted by molar-refractivity contribution is 8.16. The summed E-state index contributed by atoms with van der Waals surface area (Å²) in [6, 6.07) is -0.606. The van der Waals surface area contributed by atoms with Gasteiger partial charge in [-0.1, -0.05) is 11.8 Å². The summed E-state index contributed by atoms with van der Waals surface area (Å²) in [5.41, 5.74) is 6.46. The number of thioether (sulfide) groups is 3. The van der Waals surface area contributed by atoms with Crippen molar-refractivity contribution >= 4 is 52.3 Å². The molecule has 21 heavy (non-hydrogen) atoms. The first-order valence-electron chi connectivity index (χ1n) is 6.14. The topological polar surface area (TPSA) is 101 Å². The van der Waals surface area contributed by atoms with Crippen LogP contribution < -0.4 is 5.73 Å². The van der Waals surface area contributed by atoms with Gasteiger partial charge in [-0.05, 0) is 10.5 Å². The van der Waals surface area contributed by atoms with Crippen LogP contribution in [0.1, 0.15) is 0 Å². The Hall–Kier alpha value is -0.900. The summed E-state index contributed by atoms with van der Waals surface area (Å²) in [5, 5.41) is 9.16. The molecule has 2 atom stereocenters. The molecule has 9 heteroatoms. The maximum absolute atomic E-state index is 11.8. The van der Waals surface area contributed by atoms with Gasteiger partial charge in [0.2, 0.25) is 11.0 Å². The maximum Gasteiger partial charge on any atom is 0.352 e. The van der Waals surface area contributed by atoms with Crippen LogP contribution in [0.3, 0.4) is 0 Å². The molecule has 0 aliphatic carbocycles. The quantitative estimate of drug-likeness (QED) is 0.709. The molecule has 0 aromatic heterocycles. The fraction of sp³-hybridized carbons (Fsp3) is 0.417. The third-order valence-electron chi connectivity index (χ3n) is 3.36. The molecule has 3 rings (SSSR count). The van der Waals surface area contributed by atoms with E-state index in [1.54, 1.807) is 6.08 Å². The van der Waals surface area contributed by atoms with E-state index in [2.05, 4.69) is 0 Å². The van der Waals surface area contributed by atoms with Gasteiger partial charge in [-0.15, -0.1) is 23.5 Å². The van der Waals surface area contributed by atoms with Gasteiger partial charge in [0.1, 0.15) is 17.1 Å². The summed E-state index contributed by atoms with van der Waals surface area (Å²) in [6.07, 6.45) is 1.58. The van der Waals surface area contributed by atoms with Gasteiger partial charge in [-0.2, -0.15) is 0 Å². The second-order valence-electron chi connectivity index (χ2n) is 4.70. The molecular weight excluding hydrogens is 332 g/mol. The third-order valence-corrected chi connectivity index (χ3v) is 6.89. The second-order valence-corrected chi connectivity index (χ2v) is 7.89. The van der Waals surface area contributed by atoms with Crippen LogP contribution in [0.15, 0.2) is 22.3 Å². The molecule has 3 aliphatic heterocycles. The predicted molar refractivity (Wildman–Crippen MR) is 83.7 cm³/mol. The van der Waals surface area contributed by atoms with Gasteiger partial charge < -0.3 is 10.8 Å². The summed E-state index contributed by atoms with van der Waals surface area (Å²) < 4.78 is 0. The molecule has 3 heterocycles. The second kappa shape index (κ2) is 5.71. The Bertz CT molecular complexity index is 601. The molecule has 3 N–H and O–H groups in total. The number of rotatable bonds is 4. The molecule has 6 nitrogen and oxygen atoms in total. The van der Waals surface area contributed by atoms with Crippen LogP contribution in [-0.2, 0) is 14.4 Å². The zero-order valence-electron chi connectivity index (χ0n) is 10.8. The summed E-state index contributed by atoms with van der Waals surface area (Å²) in [4.78, 5) is 36.6. The summed E-state index contributed by atoms with van der Waals surface area (Å²) in [6.45, 7) is 0. The molecule has 0 saturated carbocycles. The van der Waals surface area contributed by atoms with Crippen molar-refractivity contribution in [1.82, 2.24) is 4.90 Å². The Balaban J connectivity index is 1.78. The van der Waals surface area contributed by atoms with Crippen LogP contribution in [0, 0.1) is 0 Å². The largest absolute Gasteiger partial charge is 0.477 e. The number of hydrogen-bond acceptors (Lipinski definition) is 7. The highest BCUT2D eigenvalue weighted by atomic mass is 32.2. The number of carbonyl (C=O) groups excluding carboxylic acids is 2. The van der Waals surface area contributed by atoms with Crippen molar-refractivity contribution in [3.63, 3.8) is 0 Å². The monoisotopic (exact) mass is 344 g/mol. The lowest BCUT2D eigenvalue weighted by Crippen LogP contribution is -2.68. The zero-order chi connectivity index (χ0) is 15.1. The van der Waals surface area contributed by atoms with Crippen molar-refractivity contribution in [3.05, 3.63) is 22.3 Å². The molecule has 0 radical (unpaired) electrons. The maximum atomic E-state index is 11.8. The van der Waals surface area contributed by atoms with Gasteiger partial charge in [0.05, 0.1) is 0 Å². The SMILES string of the molecule is N[C@@H]1C(=O)N2C(C(=O)O)=C(CSC3=CC(=O)SC3)CS[C@@H]12. The van der Waals surface area contributed by atoms with E-state index in [-0.39, 0.29) is 22.1 Å². The number of hydrogen-bond donors (Lipinski definition) is 2. The minimum Gasteiger partial charge on any atom is -0.477 e. The van der Waals surface area contributed by atoms with E-state index in [0.717, 1.165) is 4.91 Å². The smallest absolute Gasteiger partial charge is 0.352 e. The van der Waals surface area contributed by atoms with Crippen LogP contribution in [0.5, 0.6) is 0 Å². The molecule has 1 fully saturated rings. The summed E-state index contributed by atoms with van der Waals surface area (Å²) >= 11 is 4.19. The highest BCUT2D eigenvalue weighted by Crippen LogP contribution is 2.41. The lowest BCUT2D eigenvalue weighted by Gasteiger charge is -2.48. The fourth-order valence-corrected chi connectivity index (χ4v) is 5.70. The predicted octanol–water partition coefficient (Wildman–Crippen LogP) is 0.458. The van der Waals surface area contributed by atoms with Crippen molar-refractivity contribution in [1.29, 1.82) is 0 Å². The number of carbonyl (C=O) groups is 3.